The maximum absolute atomic E-state index is 5.75. The standard InChI is InChI=1S/C14H16N2O2/c1-17-13-5-3-10-2-4-12-11(14(10)16-13)6-9(7-15)8-18-12/h2-5,9H,6-8,15H2,1H3. The lowest BCUT2D eigenvalue weighted by Crippen LogP contribution is -2.27. The van der Waals surface area contributed by atoms with Crippen molar-refractivity contribution in [2.75, 3.05) is 20.3 Å². The monoisotopic (exact) mass is 244 g/mol. The summed E-state index contributed by atoms with van der Waals surface area (Å²) in [5, 5.41) is 1.11. The van der Waals surface area contributed by atoms with E-state index < -0.39 is 0 Å². The number of pyridine rings is 1. The number of hydrogen-bond donors (Lipinski definition) is 1. The molecule has 94 valence electrons. The van der Waals surface area contributed by atoms with Crippen molar-refractivity contribution in [3.63, 3.8) is 0 Å². The first-order valence-electron chi connectivity index (χ1n) is 6.11. The van der Waals surface area contributed by atoms with E-state index in [9.17, 15) is 0 Å². The van der Waals surface area contributed by atoms with Crippen LogP contribution in [0.4, 0.5) is 0 Å². The van der Waals surface area contributed by atoms with E-state index >= 15 is 0 Å². The highest BCUT2D eigenvalue weighted by atomic mass is 16.5. The molecule has 18 heavy (non-hydrogen) atoms. The number of nitrogens with two attached hydrogens (primary N) is 1. The molecule has 2 aromatic rings. The van der Waals surface area contributed by atoms with Crippen molar-refractivity contribution in [3.05, 3.63) is 29.8 Å². The van der Waals surface area contributed by atoms with Crippen LogP contribution < -0.4 is 15.2 Å². The zero-order valence-electron chi connectivity index (χ0n) is 10.3. The Kier molecular flexibility index (Phi) is 2.80. The highest BCUT2D eigenvalue weighted by Crippen LogP contribution is 2.33. The van der Waals surface area contributed by atoms with Gasteiger partial charge in [-0.1, -0.05) is 0 Å². The van der Waals surface area contributed by atoms with E-state index in [1.165, 1.54) is 0 Å². The Labute approximate surface area is 106 Å². The number of aromatic nitrogens is 1. The van der Waals surface area contributed by atoms with E-state index in [2.05, 4.69) is 4.98 Å². The number of nitrogens with zero attached hydrogens (tertiary/aromatic N) is 1. The molecule has 1 unspecified atom stereocenters. The number of ether oxygens (including phenoxy) is 2. The zero-order chi connectivity index (χ0) is 12.5. The lowest BCUT2D eigenvalue weighted by atomic mass is 9.94. The van der Waals surface area contributed by atoms with Crippen molar-refractivity contribution in [2.45, 2.75) is 6.42 Å². The van der Waals surface area contributed by atoms with Gasteiger partial charge in [0.25, 0.3) is 0 Å². The summed E-state index contributed by atoms with van der Waals surface area (Å²) < 4.78 is 10.9. The summed E-state index contributed by atoms with van der Waals surface area (Å²) >= 11 is 0. The Bertz CT molecular complexity index is 578. The van der Waals surface area contributed by atoms with Crippen LogP contribution in [0.3, 0.4) is 0 Å². The fraction of sp³-hybridized carbons (Fsp3) is 0.357. The third kappa shape index (κ3) is 1.78. The van der Waals surface area contributed by atoms with Gasteiger partial charge in [-0.2, -0.15) is 0 Å². The van der Waals surface area contributed by atoms with Crippen LogP contribution in [0.15, 0.2) is 24.3 Å². The van der Waals surface area contributed by atoms with Gasteiger partial charge in [0.15, 0.2) is 0 Å². The molecular weight excluding hydrogens is 228 g/mol. The lowest BCUT2D eigenvalue weighted by Gasteiger charge is -2.25. The maximum Gasteiger partial charge on any atom is 0.213 e. The van der Waals surface area contributed by atoms with E-state index in [-0.39, 0.29) is 0 Å². The predicted molar refractivity (Wildman–Crippen MR) is 70.0 cm³/mol. The Hall–Kier alpha value is -1.81. The summed E-state index contributed by atoms with van der Waals surface area (Å²) in [6.07, 6.45) is 0.920. The summed E-state index contributed by atoms with van der Waals surface area (Å²) in [6.45, 7) is 1.33. The van der Waals surface area contributed by atoms with Crippen LogP contribution in [-0.4, -0.2) is 25.2 Å². The highest BCUT2D eigenvalue weighted by Gasteiger charge is 2.21. The molecule has 1 aliphatic heterocycles. The highest BCUT2D eigenvalue weighted by molar-refractivity contribution is 5.84. The molecule has 0 fully saturated rings. The minimum absolute atomic E-state index is 0.371. The second-order valence-electron chi connectivity index (χ2n) is 4.58. The average molecular weight is 244 g/mol. The Morgan fingerprint density at radius 2 is 2.22 bits per heavy atom. The normalized spacial score (nSPS) is 18.2. The first kappa shape index (κ1) is 11.3. The van der Waals surface area contributed by atoms with Crippen molar-refractivity contribution in [1.29, 1.82) is 0 Å². The minimum Gasteiger partial charge on any atom is -0.493 e. The van der Waals surface area contributed by atoms with Gasteiger partial charge in [-0.15, -0.1) is 0 Å². The predicted octanol–water partition coefficient (Wildman–Crippen LogP) is 1.75. The van der Waals surface area contributed by atoms with Crippen LogP contribution >= 0.6 is 0 Å². The Morgan fingerprint density at radius 1 is 1.39 bits per heavy atom. The first-order valence-corrected chi connectivity index (χ1v) is 6.11. The van der Waals surface area contributed by atoms with Gasteiger partial charge in [-0.05, 0) is 31.2 Å². The molecule has 3 rings (SSSR count). The molecule has 0 saturated heterocycles. The molecule has 1 aromatic heterocycles. The van der Waals surface area contributed by atoms with Crippen LogP contribution in [0, 0.1) is 5.92 Å². The average Bonchev–Trinajstić information content (AvgIpc) is 2.45. The zero-order valence-corrected chi connectivity index (χ0v) is 10.3. The fourth-order valence-corrected chi connectivity index (χ4v) is 2.36. The first-order chi connectivity index (χ1) is 8.81. The van der Waals surface area contributed by atoms with E-state index in [4.69, 9.17) is 15.2 Å². The van der Waals surface area contributed by atoms with Crippen molar-refractivity contribution in [1.82, 2.24) is 4.98 Å². The van der Waals surface area contributed by atoms with Gasteiger partial charge >= 0.3 is 0 Å². The smallest absolute Gasteiger partial charge is 0.213 e. The number of methoxy groups -OCH3 is 1. The third-order valence-corrected chi connectivity index (χ3v) is 3.41. The van der Waals surface area contributed by atoms with Gasteiger partial charge in [0.2, 0.25) is 5.88 Å². The molecule has 4 nitrogen and oxygen atoms in total. The van der Waals surface area contributed by atoms with Crippen LogP contribution in [0.1, 0.15) is 5.56 Å². The minimum atomic E-state index is 0.371. The molecule has 0 spiro atoms. The second-order valence-corrected chi connectivity index (χ2v) is 4.58. The molecule has 0 aliphatic carbocycles. The van der Waals surface area contributed by atoms with E-state index in [1.807, 2.05) is 24.3 Å². The summed E-state index contributed by atoms with van der Waals surface area (Å²) in [5.74, 6) is 1.93. The van der Waals surface area contributed by atoms with Crippen LogP contribution in [0.5, 0.6) is 11.6 Å². The lowest BCUT2D eigenvalue weighted by molar-refractivity contribution is 0.227. The molecule has 0 radical (unpaired) electrons. The van der Waals surface area contributed by atoms with Gasteiger partial charge in [0.1, 0.15) is 5.75 Å². The summed E-state index contributed by atoms with van der Waals surface area (Å²) in [7, 11) is 1.63. The molecule has 0 saturated carbocycles. The summed E-state index contributed by atoms with van der Waals surface area (Å²) in [4.78, 5) is 4.53. The largest absolute Gasteiger partial charge is 0.493 e. The van der Waals surface area contributed by atoms with Gasteiger partial charge in [-0.3, -0.25) is 0 Å². The fourth-order valence-electron chi connectivity index (χ4n) is 2.36. The molecule has 2 heterocycles. The summed E-state index contributed by atoms with van der Waals surface area (Å²) in [6, 6.07) is 7.94. The number of fused-ring (bicyclic) bond motifs is 3. The molecule has 0 amide bonds. The second kappa shape index (κ2) is 4.46. The third-order valence-electron chi connectivity index (χ3n) is 3.41. The molecule has 2 N–H and O–H groups in total. The number of benzene rings is 1. The van der Waals surface area contributed by atoms with Gasteiger partial charge in [0.05, 0.1) is 19.2 Å². The van der Waals surface area contributed by atoms with E-state index in [0.717, 1.165) is 28.6 Å². The van der Waals surface area contributed by atoms with Gasteiger partial charge in [0, 0.05) is 22.9 Å². The van der Waals surface area contributed by atoms with Crippen molar-refractivity contribution in [3.8, 4) is 11.6 Å². The van der Waals surface area contributed by atoms with Crippen LogP contribution in [-0.2, 0) is 6.42 Å². The molecule has 1 aliphatic rings. The van der Waals surface area contributed by atoms with Crippen molar-refractivity contribution < 1.29 is 9.47 Å². The molecule has 4 heteroatoms. The number of rotatable bonds is 2. The topological polar surface area (TPSA) is 57.4 Å². The Morgan fingerprint density at radius 3 is 3.00 bits per heavy atom. The summed E-state index contributed by atoms with van der Waals surface area (Å²) in [5.41, 5.74) is 7.84. The van der Waals surface area contributed by atoms with Crippen molar-refractivity contribution in [2.24, 2.45) is 11.7 Å². The Balaban J connectivity index is 2.16. The molecular formula is C14H16N2O2. The van der Waals surface area contributed by atoms with Crippen molar-refractivity contribution >= 4 is 10.9 Å². The maximum atomic E-state index is 5.75. The molecule has 1 aromatic carbocycles. The van der Waals surface area contributed by atoms with Gasteiger partial charge < -0.3 is 15.2 Å². The van der Waals surface area contributed by atoms with E-state index in [0.29, 0.717) is 24.9 Å². The molecule has 0 bridgehead atoms. The van der Waals surface area contributed by atoms with Gasteiger partial charge in [-0.25, -0.2) is 4.98 Å². The SMILES string of the molecule is COc1ccc2ccc3c(c2n1)CC(CN)CO3. The van der Waals surface area contributed by atoms with Crippen LogP contribution in [0.25, 0.3) is 10.9 Å². The quantitative estimate of drug-likeness (QED) is 0.874. The number of hydrogen-bond acceptors (Lipinski definition) is 4. The molecule has 1 atom stereocenters. The van der Waals surface area contributed by atoms with E-state index in [1.54, 1.807) is 7.11 Å². The van der Waals surface area contributed by atoms with Crippen LogP contribution in [0.2, 0.25) is 0 Å².